The van der Waals surface area contributed by atoms with Crippen LogP contribution >= 0.6 is 23.2 Å². The van der Waals surface area contributed by atoms with Gasteiger partial charge in [0.05, 0.1) is 0 Å². The van der Waals surface area contributed by atoms with Gasteiger partial charge in [-0.3, -0.25) is 19.3 Å². The van der Waals surface area contributed by atoms with E-state index in [1.165, 1.54) is 4.90 Å². The Morgan fingerprint density at radius 1 is 1.00 bits per heavy atom. The second-order valence-corrected chi connectivity index (χ2v) is 9.16. The lowest BCUT2D eigenvalue weighted by Gasteiger charge is -2.29. The molecule has 0 radical (unpaired) electrons. The molecular weight excluding hydrogens is 461 g/mol. The molecule has 0 saturated heterocycles. The molecule has 0 spiro atoms. The van der Waals surface area contributed by atoms with E-state index in [1.807, 2.05) is 6.92 Å². The number of hydrogen-bond acceptors (Lipinski definition) is 4. The van der Waals surface area contributed by atoms with Gasteiger partial charge >= 0.3 is 0 Å². The molecule has 2 aromatic rings. The maximum absolute atomic E-state index is 12.9. The van der Waals surface area contributed by atoms with Crippen molar-refractivity contribution in [3.8, 4) is 0 Å². The summed E-state index contributed by atoms with van der Waals surface area (Å²) in [4.78, 5) is 39.3. The number of anilines is 1. The van der Waals surface area contributed by atoms with E-state index in [4.69, 9.17) is 23.2 Å². The Morgan fingerprint density at radius 2 is 1.70 bits per heavy atom. The average Bonchev–Trinajstić information content (AvgIpc) is 3.04. The van der Waals surface area contributed by atoms with Crippen LogP contribution in [-0.2, 0) is 16.1 Å². The number of carbonyl (C=O) groups excluding carboxylic acids is 3. The van der Waals surface area contributed by atoms with Crippen molar-refractivity contribution in [1.29, 1.82) is 0 Å². The minimum Gasteiger partial charge on any atom is -0.375 e. The van der Waals surface area contributed by atoms with Gasteiger partial charge in [0.25, 0.3) is 17.7 Å². The molecule has 4 rings (SSSR count). The number of benzene rings is 2. The number of halogens is 2. The van der Waals surface area contributed by atoms with E-state index in [0.29, 0.717) is 22.8 Å². The largest absolute Gasteiger partial charge is 0.375 e. The minimum atomic E-state index is -0.417. The van der Waals surface area contributed by atoms with Gasteiger partial charge in [-0.25, -0.2) is 0 Å². The van der Waals surface area contributed by atoms with Gasteiger partial charge in [-0.05, 0) is 55.2 Å². The van der Waals surface area contributed by atoms with Crippen molar-refractivity contribution in [2.45, 2.75) is 51.6 Å². The molecule has 3 amide bonds. The summed E-state index contributed by atoms with van der Waals surface area (Å²) in [5.41, 5.74) is 2.94. The summed E-state index contributed by atoms with van der Waals surface area (Å²) >= 11 is 12.3. The lowest BCUT2D eigenvalue weighted by atomic mass is 9.94. The van der Waals surface area contributed by atoms with Crippen molar-refractivity contribution in [1.82, 2.24) is 10.2 Å². The van der Waals surface area contributed by atoms with Gasteiger partial charge < -0.3 is 10.6 Å². The first kappa shape index (κ1) is 23.3. The van der Waals surface area contributed by atoms with Crippen molar-refractivity contribution in [3.05, 3.63) is 74.9 Å². The maximum Gasteiger partial charge on any atom is 0.278 e. The number of nitrogens with zero attached hydrogens (tertiary/aromatic N) is 1. The van der Waals surface area contributed by atoms with Crippen LogP contribution in [0.15, 0.2) is 53.2 Å². The quantitative estimate of drug-likeness (QED) is 0.555. The van der Waals surface area contributed by atoms with Gasteiger partial charge in [0, 0.05) is 28.9 Å². The fourth-order valence-corrected chi connectivity index (χ4v) is 4.66. The third-order valence-electron chi connectivity index (χ3n) is 6.20. The fourth-order valence-electron chi connectivity index (χ4n) is 4.25. The van der Waals surface area contributed by atoms with E-state index in [2.05, 4.69) is 10.6 Å². The van der Waals surface area contributed by atoms with E-state index in [1.54, 1.807) is 42.5 Å². The highest BCUT2D eigenvalue weighted by molar-refractivity contribution is 6.47. The average molecular weight is 486 g/mol. The third kappa shape index (κ3) is 4.92. The smallest absolute Gasteiger partial charge is 0.278 e. The van der Waals surface area contributed by atoms with E-state index in [9.17, 15) is 14.4 Å². The van der Waals surface area contributed by atoms with Crippen molar-refractivity contribution in [2.24, 2.45) is 0 Å². The molecular formula is C25H25Cl2N3O3. The Balaban J connectivity index is 1.38. The minimum absolute atomic E-state index is 0.0570. The van der Waals surface area contributed by atoms with Crippen LogP contribution in [0.2, 0.25) is 5.02 Å². The van der Waals surface area contributed by atoms with E-state index < -0.39 is 5.91 Å². The molecule has 2 N–H and O–H groups in total. The second kappa shape index (κ2) is 9.98. The van der Waals surface area contributed by atoms with Crippen LogP contribution in [0.25, 0.3) is 0 Å². The zero-order valence-corrected chi connectivity index (χ0v) is 19.8. The molecule has 1 aliphatic heterocycles. The van der Waals surface area contributed by atoms with Gasteiger partial charge in [0.1, 0.15) is 10.7 Å². The first-order valence-electron chi connectivity index (χ1n) is 11.0. The molecule has 2 aromatic carbocycles. The first-order chi connectivity index (χ1) is 15.9. The van der Waals surface area contributed by atoms with Crippen LogP contribution < -0.4 is 10.6 Å². The highest BCUT2D eigenvalue weighted by Gasteiger charge is 2.41. The SMILES string of the molecule is Cc1c(Cl)cccc1NC(=O)c1ccc(CNC2=C(Cl)C(=O)N(C3CCCCC3)C2=O)cc1. The Bertz CT molecular complexity index is 1120. The zero-order valence-electron chi connectivity index (χ0n) is 18.3. The van der Waals surface area contributed by atoms with Gasteiger partial charge in [-0.1, -0.05) is 60.7 Å². The number of carbonyl (C=O) groups is 3. The van der Waals surface area contributed by atoms with Crippen LogP contribution in [-0.4, -0.2) is 28.7 Å². The van der Waals surface area contributed by atoms with E-state index in [-0.39, 0.29) is 28.6 Å². The molecule has 8 heteroatoms. The molecule has 0 unspecified atom stereocenters. The molecule has 1 aliphatic carbocycles. The Labute approximate surface area is 202 Å². The summed E-state index contributed by atoms with van der Waals surface area (Å²) in [5, 5.41) is 6.41. The molecule has 0 aromatic heterocycles. The summed E-state index contributed by atoms with van der Waals surface area (Å²) in [6.45, 7) is 2.15. The highest BCUT2D eigenvalue weighted by atomic mass is 35.5. The van der Waals surface area contributed by atoms with E-state index in [0.717, 1.165) is 43.2 Å². The number of rotatable bonds is 6. The predicted molar refractivity (Wildman–Crippen MR) is 129 cm³/mol. The summed E-state index contributed by atoms with van der Waals surface area (Å²) in [6.07, 6.45) is 4.81. The summed E-state index contributed by atoms with van der Waals surface area (Å²) in [5.74, 6) is -1.02. The number of nitrogens with one attached hydrogen (secondary N) is 2. The second-order valence-electron chi connectivity index (χ2n) is 8.38. The van der Waals surface area contributed by atoms with Crippen molar-refractivity contribution < 1.29 is 14.4 Å². The van der Waals surface area contributed by atoms with Crippen LogP contribution in [0, 0.1) is 6.92 Å². The summed E-state index contributed by atoms with van der Waals surface area (Å²) in [6, 6.07) is 12.3. The normalized spacial score (nSPS) is 17.0. The Hall–Kier alpha value is -2.83. The fraction of sp³-hybridized carbons (Fsp3) is 0.320. The van der Waals surface area contributed by atoms with Crippen molar-refractivity contribution in [2.75, 3.05) is 5.32 Å². The molecule has 33 heavy (non-hydrogen) atoms. The van der Waals surface area contributed by atoms with Crippen LogP contribution in [0.5, 0.6) is 0 Å². The van der Waals surface area contributed by atoms with Crippen LogP contribution in [0.1, 0.15) is 53.6 Å². The Morgan fingerprint density at radius 3 is 2.39 bits per heavy atom. The lowest BCUT2D eigenvalue weighted by Crippen LogP contribution is -2.43. The molecule has 6 nitrogen and oxygen atoms in total. The molecule has 0 atom stereocenters. The molecule has 1 fully saturated rings. The van der Waals surface area contributed by atoms with Gasteiger partial charge in [-0.2, -0.15) is 0 Å². The summed E-state index contributed by atoms with van der Waals surface area (Å²) in [7, 11) is 0. The monoisotopic (exact) mass is 485 g/mol. The third-order valence-corrected chi connectivity index (χ3v) is 6.96. The molecule has 2 aliphatic rings. The van der Waals surface area contributed by atoms with Gasteiger partial charge in [-0.15, -0.1) is 0 Å². The molecule has 0 bridgehead atoms. The van der Waals surface area contributed by atoms with Crippen LogP contribution in [0.3, 0.4) is 0 Å². The van der Waals surface area contributed by atoms with E-state index >= 15 is 0 Å². The Kier molecular flexibility index (Phi) is 7.05. The standard InChI is InChI=1S/C25H25Cl2N3O3/c1-15-19(26)8-5-9-20(15)29-23(31)17-12-10-16(11-13-17)14-28-22-21(27)24(32)30(25(22)33)18-6-3-2-4-7-18/h5,8-13,18,28H,2-4,6-7,14H2,1H3,(H,29,31). The van der Waals surface area contributed by atoms with Gasteiger partial charge in [0.15, 0.2) is 0 Å². The molecule has 172 valence electrons. The van der Waals surface area contributed by atoms with Gasteiger partial charge in [0.2, 0.25) is 0 Å². The molecule has 1 heterocycles. The van der Waals surface area contributed by atoms with Crippen LogP contribution in [0.4, 0.5) is 5.69 Å². The predicted octanol–water partition coefficient (Wildman–Crippen LogP) is 5.14. The topological polar surface area (TPSA) is 78.5 Å². The number of amides is 3. The summed E-state index contributed by atoms with van der Waals surface area (Å²) < 4.78 is 0. The molecule has 1 saturated carbocycles. The highest BCUT2D eigenvalue weighted by Crippen LogP contribution is 2.31. The lowest BCUT2D eigenvalue weighted by molar-refractivity contribution is -0.140. The maximum atomic E-state index is 12.9. The first-order valence-corrected chi connectivity index (χ1v) is 11.8. The number of imide groups is 1. The van der Waals surface area contributed by atoms with Crippen molar-refractivity contribution in [3.63, 3.8) is 0 Å². The van der Waals surface area contributed by atoms with Crippen molar-refractivity contribution >= 4 is 46.6 Å². The number of hydrogen-bond donors (Lipinski definition) is 2. The zero-order chi connectivity index (χ0) is 23.5.